The Labute approximate surface area is 93.3 Å². The third-order valence-corrected chi connectivity index (χ3v) is 3.12. The summed E-state index contributed by atoms with van der Waals surface area (Å²) in [5, 5.41) is 9.22. The van der Waals surface area contributed by atoms with E-state index in [0.717, 1.165) is 19.4 Å². The van der Waals surface area contributed by atoms with Crippen LogP contribution in [0.25, 0.3) is 0 Å². The normalized spacial score (nSPS) is 25.1. The van der Waals surface area contributed by atoms with E-state index in [9.17, 15) is 5.11 Å². The van der Waals surface area contributed by atoms with E-state index < -0.39 is 0 Å². The molecule has 0 bridgehead atoms. The number of aliphatic hydroxyl groups excluding tert-OH is 1. The van der Waals surface area contributed by atoms with Crippen molar-refractivity contribution in [1.82, 2.24) is 0 Å². The molecule has 88 valence electrons. The first-order chi connectivity index (χ1) is 7.07. The lowest BCUT2D eigenvalue weighted by atomic mass is 9.72. The minimum atomic E-state index is 0.226. The maximum Gasteiger partial charge on any atom is 0.0642 e. The summed E-state index contributed by atoms with van der Waals surface area (Å²) in [6, 6.07) is 0. The van der Waals surface area contributed by atoms with Crippen molar-refractivity contribution >= 4 is 0 Å². The molecule has 0 spiro atoms. The minimum absolute atomic E-state index is 0.226. The number of methoxy groups -OCH3 is 1. The molecule has 0 saturated carbocycles. The van der Waals surface area contributed by atoms with E-state index in [4.69, 9.17) is 4.74 Å². The Morgan fingerprint density at radius 3 is 2.87 bits per heavy atom. The van der Waals surface area contributed by atoms with Gasteiger partial charge in [-0.3, -0.25) is 0 Å². The molecule has 1 unspecified atom stereocenters. The van der Waals surface area contributed by atoms with Crippen LogP contribution in [0.3, 0.4) is 0 Å². The second kappa shape index (κ2) is 5.66. The maximum absolute atomic E-state index is 9.22. The molecule has 0 aromatic heterocycles. The molecule has 1 atom stereocenters. The Kier molecular flexibility index (Phi) is 4.81. The zero-order chi connectivity index (χ0) is 11.3. The fraction of sp³-hybridized carbons (Fsp3) is 0.846. The highest BCUT2D eigenvalue weighted by molar-refractivity contribution is 5.12. The molecule has 0 aromatic carbocycles. The van der Waals surface area contributed by atoms with Gasteiger partial charge >= 0.3 is 0 Å². The number of rotatable bonds is 5. The van der Waals surface area contributed by atoms with Crippen molar-refractivity contribution < 1.29 is 9.84 Å². The van der Waals surface area contributed by atoms with Gasteiger partial charge in [-0.2, -0.15) is 0 Å². The first kappa shape index (κ1) is 12.7. The van der Waals surface area contributed by atoms with E-state index >= 15 is 0 Å². The summed E-state index contributed by atoms with van der Waals surface area (Å²) in [4.78, 5) is 0. The summed E-state index contributed by atoms with van der Waals surface area (Å²) in [6.45, 7) is 5.65. The number of hydrogen-bond donors (Lipinski definition) is 1. The lowest BCUT2D eigenvalue weighted by molar-refractivity contribution is 0.179. The van der Waals surface area contributed by atoms with Crippen molar-refractivity contribution in [3.8, 4) is 0 Å². The molecule has 15 heavy (non-hydrogen) atoms. The van der Waals surface area contributed by atoms with Gasteiger partial charge in [0.2, 0.25) is 0 Å². The van der Waals surface area contributed by atoms with Gasteiger partial charge in [-0.15, -0.1) is 0 Å². The van der Waals surface area contributed by atoms with E-state index in [1.807, 2.05) is 0 Å². The molecular formula is C13H24O2. The van der Waals surface area contributed by atoms with Gasteiger partial charge in [0.25, 0.3) is 0 Å². The quantitative estimate of drug-likeness (QED) is 0.561. The van der Waals surface area contributed by atoms with Gasteiger partial charge in [0, 0.05) is 13.7 Å². The summed E-state index contributed by atoms with van der Waals surface area (Å²) < 4.78 is 5.07. The molecule has 2 heteroatoms. The lowest BCUT2D eigenvalue weighted by Crippen LogP contribution is -2.23. The summed E-state index contributed by atoms with van der Waals surface area (Å²) >= 11 is 0. The first-order valence-electron chi connectivity index (χ1n) is 5.87. The smallest absolute Gasteiger partial charge is 0.0642 e. The van der Waals surface area contributed by atoms with Crippen molar-refractivity contribution in [2.24, 2.45) is 11.3 Å². The fourth-order valence-corrected chi connectivity index (χ4v) is 2.63. The molecule has 0 fully saturated rings. The van der Waals surface area contributed by atoms with Gasteiger partial charge in [0.1, 0.15) is 0 Å². The zero-order valence-electron chi connectivity index (χ0n) is 10.3. The summed E-state index contributed by atoms with van der Waals surface area (Å²) in [5.74, 6) is 0.631. The average molecular weight is 212 g/mol. The molecule has 1 N–H and O–H groups in total. The van der Waals surface area contributed by atoms with Crippen LogP contribution in [0.2, 0.25) is 0 Å². The van der Waals surface area contributed by atoms with Crippen LogP contribution >= 0.6 is 0 Å². The number of ether oxygens (including phenoxy) is 1. The molecular weight excluding hydrogens is 188 g/mol. The van der Waals surface area contributed by atoms with Gasteiger partial charge in [0.15, 0.2) is 0 Å². The third-order valence-electron chi connectivity index (χ3n) is 3.12. The predicted octanol–water partition coefficient (Wildman–Crippen LogP) is 2.77. The molecule has 1 aliphatic rings. The Morgan fingerprint density at radius 1 is 1.53 bits per heavy atom. The Hall–Kier alpha value is -0.340. The van der Waals surface area contributed by atoms with E-state index in [-0.39, 0.29) is 6.61 Å². The highest BCUT2D eigenvalue weighted by Gasteiger charge is 2.27. The summed E-state index contributed by atoms with van der Waals surface area (Å²) in [7, 11) is 1.75. The number of aliphatic hydroxyl groups is 1. The standard InChI is InChI=1S/C13H24O2/c1-13(2)8-11(5-4-6-15-3)7-12(9-13)10-14/h7,11,14H,4-6,8-10H2,1-3H3. The second-order valence-electron chi connectivity index (χ2n) is 5.42. The SMILES string of the molecule is COCCCC1C=C(CO)CC(C)(C)C1. The van der Waals surface area contributed by atoms with Crippen molar-refractivity contribution in [2.45, 2.75) is 39.5 Å². The van der Waals surface area contributed by atoms with Crippen LogP contribution in [0.15, 0.2) is 11.6 Å². The van der Waals surface area contributed by atoms with Crippen molar-refractivity contribution in [2.75, 3.05) is 20.3 Å². The van der Waals surface area contributed by atoms with Gasteiger partial charge in [-0.25, -0.2) is 0 Å². The van der Waals surface area contributed by atoms with Gasteiger partial charge in [-0.05, 0) is 42.6 Å². The number of allylic oxidation sites excluding steroid dienone is 1. The van der Waals surface area contributed by atoms with E-state index in [0.29, 0.717) is 11.3 Å². The fourth-order valence-electron chi connectivity index (χ4n) is 2.63. The van der Waals surface area contributed by atoms with Gasteiger partial charge < -0.3 is 9.84 Å². The summed E-state index contributed by atoms with van der Waals surface area (Å²) in [5.41, 5.74) is 1.57. The average Bonchev–Trinajstić information content (AvgIpc) is 2.16. The largest absolute Gasteiger partial charge is 0.392 e. The van der Waals surface area contributed by atoms with E-state index in [1.165, 1.54) is 18.4 Å². The van der Waals surface area contributed by atoms with E-state index in [2.05, 4.69) is 19.9 Å². The van der Waals surface area contributed by atoms with Crippen LogP contribution in [-0.2, 0) is 4.74 Å². The molecule has 0 aliphatic heterocycles. The van der Waals surface area contributed by atoms with Crippen LogP contribution in [-0.4, -0.2) is 25.4 Å². The molecule has 0 radical (unpaired) electrons. The Balaban J connectivity index is 2.49. The van der Waals surface area contributed by atoms with Crippen molar-refractivity contribution in [3.63, 3.8) is 0 Å². The highest BCUT2D eigenvalue weighted by atomic mass is 16.5. The van der Waals surface area contributed by atoms with Gasteiger partial charge in [0.05, 0.1) is 6.61 Å². The Bertz CT molecular complexity index is 219. The summed E-state index contributed by atoms with van der Waals surface area (Å²) in [6.07, 6.45) is 6.86. The Morgan fingerprint density at radius 2 is 2.27 bits per heavy atom. The zero-order valence-corrected chi connectivity index (χ0v) is 10.3. The highest BCUT2D eigenvalue weighted by Crippen LogP contribution is 2.39. The second-order valence-corrected chi connectivity index (χ2v) is 5.42. The molecule has 1 aliphatic carbocycles. The van der Waals surface area contributed by atoms with Gasteiger partial charge in [-0.1, -0.05) is 19.9 Å². The van der Waals surface area contributed by atoms with Crippen LogP contribution in [0, 0.1) is 11.3 Å². The molecule has 0 aromatic rings. The van der Waals surface area contributed by atoms with Crippen LogP contribution in [0.1, 0.15) is 39.5 Å². The topological polar surface area (TPSA) is 29.5 Å². The lowest BCUT2D eigenvalue weighted by Gasteiger charge is -2.34. The monoisotopic (exact) mass is 212 g/mol. The van der Waals surface area contributed by atoms with Crippen molar-refractivity contribution in [3.05, 3.63) is 11.6 Å². The molecule has 2 nitrogen and oxygen atoms in total. The first-order valence-corrected chi connectivity index (χ1v) is 5.87. The third kappa shape index (κ3) is 4.35. The molecule has 1 rings (SSSR count). The van der Waals surface area contributed by atoms with Crippen molar-refractivity contribution in [1.29, 1.82) is 0 Å². The van der Waals surface area contributed by atoms with Crippen LogP contribution in [0.4, 0.5) is 0 Å². The van der Waals surface area contributed by atoms with Crippen LogP contribution in [0.5, 0.6) is 0 Å². The predicted molar refractivity (Wildman–Crippen MR) is 62.8 cm³/mol. The van der Waals surface area contributed by atoms with Crippen LogP contribution < -0.4 is 0 Å². The minimum Gasteiger partial charge on any atom is -0.392 e. The molecule has 0 amide bonds. The van der Waals surface area contributed by atoms with E-state index in [1.54, 1.807) is 7.11 Å². The maximum atomic E-state index is 9.22. The molecule has 0 heterocycles. The molecule has 0 saturated heterocycles. The number of hydrogen-bond acceptors (Lipinski definition) is 2.